The molecule has 2 aliphatic rings. The van der Waals surface area contributed by atoms with Gasteiger partial charge in [-0.1, -0.05) is 29.8 Å². The van der Waals surface area contributed by atoms with Crippen LogP contribution in [0.4, 0.5) is 14.9 Å². The van der Waals surface area contributed by atoms with Crippen molar-refractivity contribution in [3.8, 4) is 0 Å². The molecule has 2 aromatic rings. The van der Waals surface area contributed by atoms with Crippen LogP contribution in [0.2, 0.25) is 5.02 Å². The van der Waals surface area contributed by atoms with Gasteiger partial charge in [-0.25, -0.2) is 9.18 Å². The van der Waals surface area contributed by atoms with Crippen molar-refractivity contribution in [1.82, 2.24) is 9.80 Å². The highest BCUT2D eigenvalue weighted by Crippen LogP contribution is 2.37. The number of rotatable bonds is 3. The molecule has 2 aromatic carbocycles. The van der Waals surface area contributed by atoms with Gasteiger partial charge in [0.05, 0.1) is 5.92 Å². The molecule has 0 saturated carbocycles. The number of benzene rings is 2. The average Bonchev–Trinajstić information content (AvgIpc) is 2.84. The predicted octanol–water partition coefficient (Wildman–Crippen LogP) is 5.79. The summed E-state index contributed by atoms with van der Waals surface area (Å²) in [6.07, 6.45) is 0.0616. The van der Waals surface area contributed by atoms with Gasteiger partial charge in [0.25, 0.3) is 0 Å². The second-order valence-electron chi connectivity index (χ2n) is 11.2. The topological polar surface area (TPSA) is 53.1 Å². The van der Waals surface area contributed by atoms with Crippen molar-refractivity contribution in [3.63, 3.8) is 0 Å². The number of halogens is 2. The van der Waals surface area contributed by atoms with E-state index in [2.05, 4.69) is 11.8 Å². The van der Waals surface area contributed by atoms with Crippen LogP contribution in [0.1, 0.15) is 49.8 Å². The minimum Gasteiger partial charge on any atom is -0.444 e. The third-order valence-corrected chi connectivity index (χ3v) is 7.48. The number of likely N-dealkylation sites (tertiary alicyclic amines) is 1. The number of anilines is 1. The lowest BCUT2D eigenvalue weighted by Gasteiger charge is -2.43. The summed E-state index contributed by atoms with van der Waals surface area (Å²) in [6, 6.07) is 11.0. The molecular formula is C29H37ClFN3O3. The first kappa shape index (κ1) is 27.2. The highest BCUT2D eigenvalue weighted by atomic mass is 35.5. The van der Waals surface area contributed by atoms with Gasteiger partial charge in [0.15, 0.2) is 0 Å². The van der Waals surface area contributed by atoms with Gasteiger partial charge < -0.3 is 19.4 Å². The molecule has 8 heteroatoms. The van der Waals surface area contributed by atoms with Crippen molar-refractivity contribution >= 4 is 29.3 Å². The number of carbonyl (C=O) groups excluding carboxylic acids is 2. The summed E-state index contributed by atoms with van der Waals surface area (Å²) in [5.74, 6) is -1.19. The zero-order valence-electron chi connectivity index (χ0n) is 22.4. The first-order chi connectivity index (χ1) is 17.4. The molecule has 0 N–H and O–H groups in total. The fourth-order valence-electron chi connectivity index (χ4n) is 5.33. The Morgan fingerprint density at radius 2 is 1.68 bits per heavy atom. The van der Waals surface area contributed by atoms with Gasteiger partial charge in [-0.3, -0.25) is 4.79 Å². The first-order valence-electron chi connectivity index (χ1n) is 13.0. The minimum atomic E-state index is -0.634. The van der Waals surface area contributed by atoms with Crippen molar-refractivity contribution in [1.29, 1.82) is 0 Å². The fraction of sp³-hybridized carbons (Fsp3) is 0.517. The van der Waals surface area contributed by atoms with Crippen LogP contribution >= 0.6 is 11.6 Å². The summed E-state index contributed by atoms with van der Waals surface area (Å²) >= 11 is 6.23. The molecule has 200 valence electrons. The average molecular weight is 530 g/mol. The number of carbonyl (C=O) groups is 2. The smallest absolute Gasteiger partial charge is 0.410 e. The van der Waals surface area contributed by atoms with E-state index in [0.29, 0.717) is 49.7 Å². The van der Waals surface area contributed by atoms with E-state index in [4.69, 9.17) is 16.3 Å². The van der Waals surface area contributed by atoms with Gasteiger partial charge in [-0.05, 0) is 75.9 Å². The van der Waals surface area contributed by atoms with Gasteiger partial charge in [-0.2, -0.15) is 0 Å². The number of piperazine rings is 1. The quantitative estimate of drug-likeness (QED) is 0.505. The maximum atomic E-state index is 15.1. The Bertz CT molecular complexity index is 1160. The summed E-state index contributed by atoms with van der Waals surface area (Å²) in [5.41, 5.74) is 2.96. The number of aryl methyl sites for hydroxylation is 2. The van der Waals surface area contributed by atoms with Crippen LogP contribution in [0.5, 0.6) is 0 Å². The third-order valence-electron chi connectivity index (χ3n) is 7.24. The van der Waals surface area contributed by atoms with Gasteiger partial charge in [-0.15, -0.1) is 0 Å². The van der Waals surface area contributed by atoms with Crippen molar-refractivity contribution in [2.24, 2.45) is 5.92 Å². The molecule has 0 bridgehead atoms. The SMILES string of the molecule is Cc1ccc([C@@H]2CCN(C(=O)OC(C)(C)C)C[C@@H]2C(=O)N2CCN(c3cc(Cl)ccc3C)CC2)c(F)c1. The molecule has 0 radical (unpaired) electrons. The second-order valence-corrected chi connectivity index (χ2v) is 11.6. The third kappa shape index (κ3) is 6.38. The molecule has 6 nitrogen and oxygen atoms in total. The zero-order valence-corrected chi connectivity index (χ0v) is 23.1. The Labute approximate surface area is 224 Å². The number of piperidine rings is 1. The lowest BCUT2D eigenvalue weighted by Crippen LogP contribution is -2.55. The standard InChI is InChI=1S/C29H37ClFN3O3/c1-19-6-9-23(25(31)16-19)22-10-11-34(28(36)37-29(3,4)5)18-24(22)27(35)33-14-12-32(13-15-33)26-17-21(30)8-7-20(26)2/h6-9,16-17,22,24H,10-15,18H2,1-5H3/t22-,24-/m0/s1. The van der Waals surface area contributed by atoms with E-state index in [1.54, 1.807) is 11.0 Å². The van der Waals surface area contributed by atoms with Crippen LogP contribution in [0.3, 0.4) is 0 Å². The van der Waals surface area contributed by atoms with E-state index in [1.165, 1.54) is 6.07 Å². The summed E-state index contributed by atoms with van der Waals surface area (Å²) < 4.78 is 20.6. The van der Waals surface area contributed by atoms with Crippen LogP contribution in [0, 0.1) is 25.6 Å². The monoisotopic (exact) mass is 529 g/mol. The van der Waals surface area contributed by atoms with Gasteiger partial charge in [0, 0.05) is 55.9 Å². The van der Waals surface area contributed by atoms with Crippen LogP contribution in [-0.4, -0.2) is 66.7 Å². The maximum Gasteiger partial charge on any atom is 0.410 e. The molecule has 37 heavy (non-hydrogen) atoms. The summed E-state index contributed by atoms with van der Waals surface area (Å²) in [5, 5.41) is 0.687. The Morgan fingerprint density at radius 3 is 2.32 bits per heavy atom. The highest BCUT2D eigenvalue weighted by Gasteiger charge is 2.41. The largest absolute Gasteiger partial charge is 0.444 e. The number of amides is 2. The van der Waals surface area contributed by atoms with Crippen molar-refractivity contribution in [2.45, 2.75) is 52.6 Å². The van der Waals surface area contributed by atoms with Crippen molar-refractivity contribution < 1.29 is 18.7 Å². The van der Waals surface area contributed by atoms with E-state index in [0.717, 1.165) is 16.8 Å². The molecule has 2 fully saturated rings. The molecule has 2 saturated heterocycles. The normalized spacial score (nSPS) is 20.7. The maximum absolute atomic E-state index is 15.1. The zero-order chi connectivity index (χ0) is 26.9. The molecule has 2 aliphatic heterocycles. The van der Waals surface area contributed by atoms with E-state index in [9.17, 15) is 9.59 Å². The molecule has 2 heterocycles. The summed E-state index contributed by atoms with van der Waals surface area (Å²) in [7, 11) is 0. The number of hydrogen-bond donors (Lipinski definition) is 0. The molecule has 0 aliphatic carbocycles. The van der Waals surface area contributed by atoms with E-state index in [1.807, 2.05) is 56.9 Å². The minimum absolute atomic E-state index is 0.0410. The molecular weight excluding hydrogens is 493 g/mol. The number of nitrogens with zero attached hydrogens (tertiary/aromatic N) is 3. The molecule has 2 amide bonds. The fourth-order valence-corrected chi connectivity index (χ4v) is 5.49. The molecule has 2 atom stereocenters. The van der Waals surface area contributed by atoms with Gasteiger partial charge in [0.2, 0.25) is 5.91 Å². The molecule has 4 rings (SSSR count). The second kappa shape index (κ2) is 10.9. The summed E-state index contributed by atoms with van der Waals surface area (Å²) in [4.78, 5) is 32.5. The Kier molecular flexibility index (Phi) is 8.02. The highest BCUT2D eigenvalue weighted by molar-refractivity contribution is 6.30. The number of ether oxygens (including phenoxy) is 1. The van der Waals surface area contributed by atoms with Crippen LogP contribution in [0.25, 0.3) is 0 Å². The van der Waals surface area contributed by atoms with Crippen molar-refractivity contribution in [3.05, 3.63) is 63.9 Å². The molecule has 0 unspecified atom stereocenters. The van der Waals surface area contributed by atoms with Crippen LogP contribution < -0.4 is 4.90 Å². The summed E-state index contributed by atoms with van der Waals surface area (Å²) in [6.45, 7) is 12.5. The predicted molar refractivity (Wildman–Crippen MR) is 145 cm³/mol. The van der Waals surface area contributed by atoms with Crippen LogP contribution in [0.15, 0.2) is 36.4 Å². The molecule has 0 aromatic heterocycles. The van der Waals surface area contributed by atoms with Crippen LogP contribution in [-0.2, 0) is 9.53 Å². The lowest BCUT2D eigenvalue weighted by molar-refractivity contribution is -0.138. The Hall–Kier alpha value is -2.80. The van der Waals surface area contributed by atoms with Gasteiger partial charge in [0.1, 0.15) is 11.4 Å². The Morgan fingerprint density at radius 1 is 0.973 bits per heavy atom. The van der Waals surface area contributed by atoms with E-state index < -0.39 is 17.6 Å². The van der Waals surface area contributed by atoms with Gasteiger partial charge >= 0.3 is 6.09 Å². The van der Waals surface area contributed by atoms with E-state index in [-0.39, 0.29) is 24.2 Å². The van der Waals surface area contributed by atoms with Crippen molar-refractivity contribution in [2.75, 3.05) is 44.2 Å². The van der Waals surface area contributed by atoms with E-state index >= 15 is 4.39 Å². The molecule has 0 spiro atoms. The Balaban J connectivity index is 1.53. The first-order valence-corrected chi connectivity index (χ1v) is 13.3. The number of hydrogen-bond acceptors (Lipinski definition) is 4. The lowest BCUT2D eigenvalue weighted by atomic mass is 9.79.